The zero-order chi connectivity index (χ0) is 18.9. The summed E-state index contributed by atoms with van der Waals surface area (Å²) in [6.45, 7) is 0. The van der Waals surface area contributed by atoms with Crippen molar-refractivity contribution in [2.45, 2.75) is 12.6 Å². The minimum atomic E-state index is -0.166. The molecule has 2 aromatic heterocycles. The highest BCUT2D eigenvalue weighted by molar-refractivity contribution is 6.05. The van der Waals surface area contributed by atoms with E-state index in [-0.39, 0.29) is 12.1 Å². The van der Waals surface area contributed by atoms with Gasteiger partial charge in [0.15, 0.2) is 12.4 Å². The molecule has 0 spiro atoms. The van der Waals surface area contributed by atoms with Gasteiger partial charge in [0.25, 0.3) is 5.91 Å². The van der Waals surface area contributed by atoms with E-state index in [9.17, 15) is 4.79 Å². The lowest BCUT2D eigenvalue weighted by molar-refractivity contribution is -0.378. The van der Waals surface area contributed by atoms with Gasteiger partial charge in [0, 0.05) is 35.3 Å². The molecule has 0 aliphatic carbocycles. The summed E-state index contributed by atoms with van der Waals surface area (Å²) < 4.78 is 0. The molecule has 4 N–H and O–H groups in total. The number of fused-ring (bicyclic) bond motifs is 2. The third kappa shape index (κ3) is 2.92. The minimum Gasteiger partial charge on any atom is -0.358 e. The fourth-order valence-corrected chi connectivity index (χ4v) is 3.57. The van der Waals surface area contributed by atoms with Crippen LogP contribution in [0.25, 0.3) is 10.9 Å². The number of allylic oxidation sites excluding steroid dienone is 3. The Morgan fingerprint density at radius 1 is 1.29 bits per heavy atom. The van der Waals surface area contributed by atoms with Gasteiger partial charge in [-0.15, -0.1) is 0 Å². The number of carbonyl (C=O) groups excluding carboxylic acids is 1. The highest BCUT2D eigenvalue weighted by atomic mass is 16.2. The third-order valence-corrected chi connectivity index (χ3v) is 4.92. The van der Waals surface area contributed by atoms with Crippen molar-refractivity contribution in [1.29, 1.82) is 0 Å². The number of aromatic nitrogens is 3. The third-order valence-electron chi connectivity index (χ3n) is 4.92. The predicted octanol–water partition coefficient (Wildman–Crippen LogP) is 2.08. The summed E-state index contributed by atoms with van der Waals surface area (Å²) in [5.41, 5.74) is 4.20. The fourth-order valence-electron chi connectivity index (χ4n) is 3.57. The van der Waals surface area contributed by atoms with Gasteiger partial charge in [0.1, 0.15) is 11.9 Å². The standard InChI is InChI=1S/C21H18N6O/c28-21(24-16-7-6-15-13-23-26-17(15)11-16)20-18-5-1-2-9-27(18)19(25-20)10-14-4-3-8-22-12-14/h1-9,11-13,19,25H,10H2,(H,23,26)(H,24,28)/p+1. The number of carbonyl (C=O) groups is 1. The zero-order valence-electron chi connectivity index (χ0n) is 15.0. The van der Waals surface area contributed by atoms with Crippen LogP contribution in [0.15, 0.2) is 84.7 Å². The van der Waals surface area contributed by atoms with E-state index in [1.807, 2.05) is 61.1 Å². The Hall–Kier alpha value is -3.87. The van der Waals surface area contributed by atoms with Gasteiger partial charge in [-0.3, -0.25) is 9.89 Å². The number of hydrogen-bond acceptors (Lipinski definition) is 4. The quantitative estimate of drug-likeness (QED) is 0.655. The molecule has 1 unspecified atom stereocenters. The fraction of sp³-hybridized carbons (Fsp3) is 0.0952. The molecule has 2 aliphatic rings. The highest BCUT2D eigenvalue weighted by Crippen LogP contribution is 2.27. The summed E-state index contributed by atoms with van der Waals surface area (Å²) in [4.78, 5) is 18.2. The van der Waals surface area contributed by atoms with E-state index in [2.05, 4.69) is 36.8 Å². The average Bonchev–Trinajstić information content (AvgIpc) is 3.33. The molecule has 3 aromatic rings. The van der Waals surface area contributed by atoms with Crippen molar-refractivity contribution in [1.82, 2.24) is 20.4 Å². The zero-order valence-corrected chi connectivity index (χ0v) is 15.0. The van der Waals surface area contributed by atoms with E-state index in [1.165, 1.54) is 0 Å². The van der Waals surface area contributed by atoms with Crippen LogP contribution in [0.1, 0.15) is 5.56 Å². The Morgan fingerprint density at radius 3 is 3.14 bits per heavy atom. The number of amides is 1. The van der Waals surface area contributed by atoms with Crippen LogP contribution in [0.3, 0.4) is 0 Å². The Kier molecular flexibility index (Phi) is 3.90. The molecule has 7 heteroatoms. The molecule has 7 nitrogen and oxygen atoms in total. The molecule has 0 saturated heterocycles. The van der Waals surface area contributed by atoms with Crippen molar-refractivity contribution in [3.05, 3.63) is 90.3 Å². The van der Waals surface area contributed by atoms with Crippen LogP contribution >= 0.6 is 0 Å². The van der Waals surface area contributed by atoms with Gasteiger partial charge in [-0.25, -0.2) is 4.98 Å². The average molecular weight is 371 g/mol. The number of benzene rings is 1. The van der Waals surface area contributed by atoms with E-state index < -0.39 is 0 Å². The molecule has 138 valence electrons. The second kappa shape index (κ2) is 6.70. The number of anilines is 1. The van der Waals surface area contributed by atoms with Gasteiger partial charge in [-0.05, 0) is 36.4 Å². The smallest absolute Gasteiger partial charge is 0.273 e. The molecular formula is C21H19N6O+. The van der Waals surface area contributed by atoms with E-state index in [4.69, 9.17) is 0 Å². The molecule has 1 amide bonds. The molecular weight excluding hydrogens is 352 g/mol. The van der Waals surface area contributed by atoms with E-state index in [1.54, 1.807) is 6.20 Å². The summed E-state index contributed by atoms with van der Waals surface area (Å²) in [6, 6.07) is 9.73. The van der Waals surface area contributed by atoms with Gasteiger partial charge in [0.05, 0.1) is 17.4 Å². The Morgan fingerprint density at radius 2 is 2.25 bits per heavy atom. The molecule has 0 bridgehead atoms. The summed E-state index contributed by atoms with van der Waals surface area (Å²) in [5.74, 6) is -0.166. The van der Waals surface area contributed by atoms with Crippen molar-refractivity contribution >= 4 is 22.5 Å². The first-order chi connectivity index (χ1) is 13.8. The van der Waals surface area contributed by atoms with Crippen molar-refractivity contribution in [2.24, 2.45) is 0 Å². The summed E-state index contributed by atoms with van der Waals surface area (Å²) in [7, 11) is 0. The molecule has 4 heterocycles. The second-order valence-corrected chi connectivity index (χ2v) is 6.77. The maximum absolute atomic E-state index is 13.0. The number of hydrogen-bond donors (Lipinski definition) is 3. The molecule has 0 fully saturated rings. The van der Waals surface area contributed by atoms with E-state index in [0.717, 1.165) is 34.3 Å². The van der Waals surface area contributed by atoms with Crippen LogP contribution in [0, 0.1) is 0 Å². The molecule has 0 saturated carbocycles. The monoisotopic (exact) mass is 371 g/mol. The first kappa shape index (κ1) is 16.3. The molecule has 28 heavy (non-hydrogen) atoms. The molecule has 5 rings (SSSR count). The van der Waals surface area contributed by atoms with Gasteiger partial charge < -0.3 is 15.5 Å². The number of H-pyrrole nitrogens is 2. The van der Waals surface area contributed by atoms with Gasteiger partial charge >= 0.3 is 0 Å². The lowest BCUT2D eigenvalue weighted by Crippen LogP contribution is -2.37. The van der Waals surface area contributed by atoms with Crippen LogP contribution in [-0.2, 0) is 11.2 Å². The van der Waals surface area contributed by atoms with Gasteiger partial charge in [-0.2, -0.15) is 5.10 Å². The number of nitrogens with zero attached hydrogens (tertiary/aromatic N) is 2. The topological polar surface area (TPSA) is 87.2 Å². The number of pyridine rings is 1. The molecule has 2 aliphatic heterocycles. The maximum Gasteiger partial charge on any atom is 0.273 e. The highest BCUT2D eigenvalue weighted by Gasteiger charge is 2.33. The van der Waals surface area contributed by atoms with Crippen LogP contribution in [0.2, 0.25) is 0 Å². The van der Waals surface area contributed by atoms with Crippen LogP contribution < -0.4 is 15.6 Å². The summed E-state index contributed by atoms with van der Waals surface area (Å²) in [6.07, 6.45) is 14.2. The predicted molar refractivity (Wildman–Crippen MR) is 105 cm³/mol. The molecule has 0 radical (unpaired) electrons. The summed E-state index contributed by atoms with van der Waals surface area (Å²) >= 11 is 0. The van der Waals surface area contributed by atoms with E-state index in [0.29, 0.717) is 5.70 Å². The number of aromatic amines is 2. The SMILES string of the molecule is O=C(Nc1ccc2cn[nH]c2c1)C1=C2C=CC=CN2C(Cc2ccc[nH+]c2)N1. The Bertz CT molecular complexity index is 1130. The normalized spacial score (nSPS) is 17.7. The lowest BCUT2D eigenvalue weighted by atomic mass is 10.1. The van der Waals surface area contributed by atoms with Crippen LogP contribution in [0.5, 0.6) is 0 Å². The first-order valence-electron chi connectivity index (χ1n) is 9.11. The van der Waals surface area contributed by atoms with E-state index >= 15 is 0 Å². The Labute approximate surface area is 161 Å². The van der Waals surface area contributed by atoms with Crippen molar-refractivity contribution in [2.75, 3.05) is 5.32 Å². The van der Waals surface area contributed by atoms with Crippen molar-refractivity contribution in [3.8, 4) is 0 Å². The first-order valence-corrected chi connectivity index (χ1v) is 9.11. The number of nitrogens with one attached hydrogen (secondary N) is 4. The molecule has 1 atom stereocenters. The van der Waals surface area contributed by atoms with Crippen LogP contribution in [0.4, 0.5) is 5.69 Å². The van der Waals surface area contributed by atoms with Crippen molar-refractivity contribution in [3.63, 3.8) is 0 Å². The largest absolute Gasteiger partial charge is 0.358 e. The van der Waals surface area contributed by atoms with Gasteiger partial charge in [0.2, 0.25) is 0 Å². The minimum absolute atomic E-state index is 0.0252. The maximum atomic E-state index is 13.0. The Balaban J connectivity index is 1.39. The molecule has 1 aromatic carbocycles. The lowest BCUT2D eigenvalue weighted by Gasteiger charge is -2.25. The van der Waals surface area contributed by atoms with Crippen LogP contribution in [-0.4, -0.2) is 27.2 Å². The number of rotatable bonds is 4. The second-order valence-electron chi connectivity index (χ2n) is 6.77. The van der Waals surface area contributed by atoms with Crippen molar-refractivity contribution < 1.29 is 9.78 Å². The van der Waals surface area contributed by atoms with Gasteiger partial charge in [-0.1, -0.05) is 6.08 Å². The summed E-state index contributed by atoms with van der Waals surface area (Å²) in [5, 5.41) is 14.3.